The molecule has 1 saturated carbocycles. The number of hydrogen-bond acceptors (Lipinski definition) is 1. The fraction of sp³-hybridized carbons (Fsp3) is 0.368. The normalized spacial score (nSPS) is 16.1. The summed E-state index contributed by atoms with van der Waals surface area (Å²) in [6.45, 7) is 4.23. The molecule has 1 N–H and O–H groups in total. The van der Waals surface area contributed by atoms with Gasteiger partial charge < -0.3 is 5.11 Å². The highest BCUT2D eigenvalue weighted by Gasteiger charge is 2.23. The summed E-state index contributed by atoms with van der Waals surface area (Å²) in [5, 5.41) is 10.5. The van der Waals surface area contributed by atoms with Crippen LogP contribution >= 0.6 is 0 Å². The third-order valence-corrected chi connectivity index (χ3v) is 4.41. The molecule has 0 saturated heterocycles. The first-order valence-electron chi connectivity index (χ1n) is 7.48. The van der Waals surface area contributed by atoms with Gasteiger partial charge >= 0.3 is 0 Å². The minimum atomic E-state index is -0.414. The molecule has 20 heavy (non-hydrogen) atoms. The lowest BCUT2D eigenvalue weighted by atomic mass is 9.94. The van der Waals surface area contributed by atoms with E-state index < -0.39 is 6.10 Å². The van der Waals surface area contributed by atoms with Crippen molar-refractivity contribution in [3.05, 3.63) is 70.3 Å². The largest absolute Gasteiger partial charge is 0.388 e. The third kappa shape index (κ3) is 2.78. The van der Waals surface area contributed by atoms with E-state index in [0.717, 1.165) is 11.5 Å². The zero-order chi connectivity index (χ0) is 14.1. The minimum Gasteiger partial charge on any atom is -0.388 e. The van der Waals surface area contributed by atoms with Crippen LogP contribution in [0.1, 0.15) is 52.7 Å². The standard InChI is InChI=1S/C19H22O/c1-13-4-3-5-14(2)18(13)12-19(20)17-10-8-16(9-11-17)15-6-7-15/h3-5,8-11,15,19-20H,6-7,12H2,1-2H3. The van der Waals surface area contributed by atoms with Crippen molar-refractivity contribution in [3.63, 3.8) is 0 Å². The van der Waals surface area contributed by atoms with E-state index in [-0.39, 0.29) is 0 Å². The third-order valence-electron chi connectivity index (χ3n) is 4.41. The number of hydrogen-bond donors (Lipinski definition) is 1. The Morgan fingerprint density at radius 1 is 1.00 bits per heavy atom. The molecule has 0 amide bonds. The van der Waals surface area contributed by atoms with Gasteiger partial charge in [0.05, 0.1) is 6.10 Å². The maximum Gasteiger partial charge on any atom is 0.0830 e. The van der Waals surface area contributed by atoms with Crippen LogP contribution in [0.3, 0.4) is 0 Å². The predicted octanol–water partition coefficient (Wildman–Crippen LogP) is 4.46. The van der Waals surface area contributed by atoms with Crippen LogP contribution in [-0.2, 0) is 6.42 Å². The van der Waals surface area contributed by atoms with Crippen molar-refractivity contribution in [1.29, 1.82) is 0 Å². The van der Waals surface area contributed by atoms with Crippen molar-refractivity contribution in [2.75, 3.05) is 0 Å². The Labute approximate surface area is 121 Å². The Hall–Kier alpha value is -1.60. The van der Waals surface area contributed by atoms with Gasteiger partial charge in [0, 0.05) is 6.42 Å². The molecule has 1 aliphatic rings. The maximum atomic E-state index is 10.5. The first kappa shape index (κ1) is 13.4. The molecule has 0 radical (unpaired) electrons. The van der Waals surface area contributed by atoms with Gasteiger partial charge in [-0.1, -0.05) is 42.5 Å². The van der Waals surface area contributed by atoms with Crippen LogP contribution in [0.25, 0.3) is 0 Å². The van der Waals surface area contributed by atoms with Crippen LogP contribution in [0, 0.1) is 13.8 Å². The van der Waals surface area contributed by atoms with E-state index in [1.165, 1.54) is 35.1 Å². The lowest BCUT2D eigenvalue weighted by Gasteiger charge is -2.15. The van der Waals surface area contributed by atoms with Gasteiger partial charge in [0.25, 0.3) is 0 Å². The van der Waals surface area contributed by atoms with Gasteiger partial charge in [-0.25, -0.2) is 0 Å². The SMILES string of the molecule is Cc1cccc(C)c1CC(O)c1ccc(C2CC2)cc1. The molecule has 1 fully saturated rings. The van der Waals surface area contributed by atoms with Crippen molar-refractivity contribution in [2.45, 2.75) is 45.1 Å². The first-order valence-corrected chi connectivity index (χ1v) is 7.48. The highest BCUT2D eigenvalue weighted by molar-refractivity contribution is 5.36. The topological polar surface area (TPSA) is 20.2 Å². The zero-order valence-electron chi connectivity index (χ0n) is 12.3. The molecule has 3 rings (SSSR count). The fourth-order valence-corrected chi connectivity index (χ4v) is 2.89. The molecular formula is C19H22O. The van der Waals surface area contributed by atoms with Crippen LogP contribution in [0.15, 0.2) is 42.5 Å². The van der Waals surface area contributed by atoms with Crippen LogP contribution < -0.4 is 0 Å². The molecule has 2 aromatic carbocycles. The second kappa shape index (κ2) is 5.41. The van der Waals surface area contributed by atoms with Crippen LogP contribution in [0.5, 0.6) is 0 Å². The number of aliphatic hydroxyl groups is 1. The van der Waals surface area contributed by atoms with Crippen LogP contribution in [0.4, 0.5) is 0 Å². The summed E-state index contributed by atoms with van der Waals surface area (Å²) in [5.74, 6) is 0.778. The van der Waals surface area contributed by atoms with E-state index in [2.05, 4.69) is 56.3 Å². The summed E-state index contributed by atoms with van der Waals surface area (Å²) in [6.07, 6.45) is 2.93. The maximum absolute atomic E-state index is 10.5. The van der Waals surface area contributed by atoms with Crippen molar-refractivity contribution >= 4 is 0 Å². The molecule has 0 spiro atoms. The summed E-state index contributed by atoms with van der Waals surface area (Å²) < 4.78 is 0. The van der Waals surface area contributed by atoms with E-state index >= 15 is 0 Å². The van der Waals surface area contributed by atoms with E-state index in [0.29, 0.717) is 6.42 Å². The molecule has 1 aliphatic carbocycles. The molecule has 0 aliphatic heterocycles. The Bertz CT molecular complexity index is 573. The number of rotatable bonds is 4. The molecule has 0 bridgehead atoms. The Balaban J connectivity index is 1.76. The number of aliphatic hydroxyl groups excluding tert-OH is 1. The van der Waals surface area contributed by atoms with Crippen LogP contribution in [-0.4, -0.2) is 5.11 Å². The van der Waals surface area contributed by atoms with E-state index in [1.807, 2.05) is 0 Å². The lowest BCUT2D eigenvalue weighted by Crippen LogP contribution is -2.05. The minimum absolute atomic E-state index is 0.414. The molecule has 1 atom stereocenters. The summed E-state index contributed by atoms with van der Waals surface area (Å²) in [7, 11) is 0. The molecule has 0 heterocycles. The second-order valence-corrected chi connectivity index (χ2v) is 6.03. The highest BCUT2D eigenvalue weighted by Crippen LogP contribution is 2.40. The zero-order valence-corrected chi connectivity index (χ0v) is 12.3. The number of benzene rings is 2. The fourth-order valence-electron chi connectivity index (χ4n) is 2.89. The summed E-state index contributed by atoms with van der Waals surface area (Å²) >= 11 is 0. The molecule has 0 aromatic heterocycles. The summed E-state index contributed by atoms with van der Waals surface area (Å²) in [4.78, 5) is 0. The van der Waals surface area contributed by atoms with Gasteiger partial charge in [0.1, 0.15) is 0 Å². The second-order valence-electron chi connectivity index (χ2n) is 6.03. The van der Waals surface area contributed by atoms with Crippen LogP contribution in [0.2, 0.25) is 0 Å². The van der Waals surface area contributed by atoms with Crippen molar-refractivity contribution < 1.29 is 5.11 Å². The van der Waals surface area contributed by atoms with Gasteiger partial charge in [-0.2, -0.15) is 0 Å². The van der Waals surface area contributed by atoms with Crippen molar-refractivity contribution in [1.82, 2.24) is 0 Å². The van der Waals surface area contributed by atoms with Gasteiger partial charge in [0.15, 0.2) is 0 Å². The summed E-state index contributed by atoms with van der Waals surface area (Å²) in [5.41, 5.74) is 6.24. The molecule has 104 valence electrons. The highest BCUT2D eigenvalue weighted by atomic mass is 16.3. The smallest absolute Gasteiger partial charge is 0.0830 e. The van der Waals surface area contributed by atoms with Crippen molar-refractivity contribution in [2.24, 2.45) is 0 Å². The Kier molecular flexibility index (Phi) is 3.62. The Morgan fingerprint density at radius 3 is 2.15 bits per heavy atom. The predicted molar refractivity (Wildman–Crippen MR) is 83.0 cm³/mol. The number of aryl methyl sites for hydroxylation is 2. The lowest BCUT2D eigenvalue weighted by molar-refractivity contribution is 0.178. The van der Waals surface area contributed by atoms with Gasteiger partial charge in [0.2, 0.25) is 0 Å². The average Bonchev–Trinajstić information content (AvgIpc) is 3.28. The van der Waals surface area contributed by atoms with E-state index in [4.69, 9.17) is 0 Å². The van der Waals surface area contributed by atoms with Gasteiger partial charge in [-0.3, -0.25) is 0 Å². The molecule has 1 heteroatoms. The average molecular weight is 266 g/mol. The molecular weight excluding hydrogens is 244 g/mol. The Morgan fingerprint density at radius 2 is 1.60 bits per heavy atom. The van der Waals surface area contributed by atoms with Gasteiger partial charge in [-0.15, -0.1) is 0 Å². The molecule has 1 unspecified atom stereocenters. The van der Waals surface area contributed by atoms with Crippen molar-refractivity contribution in [3.8, 4) is 0 Å². The quantitative estimate of drug-likeness (QED) is 0.866. The first-order chi connectivity index (χ1) is 9.65. The monoisotopic (exact) mass is 266 g/mol. The summed E-state index contributed by atoms with van der Waals surface area (Å²) in [6, 6.07) is 14.8. The molecule has 2 aromatic rings. The molecule has 1 nitrogen and oxygen atoms in total. The van der Waals surface area contributed by atoms with Gasteiger partial charge in [-0.05, 0) is 60.4 Å². The van der Waals surface area contributed by atoms with E-state index in [1.54, 1.807) is 0 Å². The van der Waals surface area contributed by atoms with E-state index in [9.17, 15) is 5.11 Å².